The number of hydrogen-bond donors (Lipinski definition) is 1. The van der Waals surface area contributed by atoms with E-state index in [4.69, 9.17) is 16.3 Å². The summed E-state index contributed by atoms with van der Waals surface area (Å²) in [6.07, 6.45) is 3.92. The lowest BCUT2D eigenvalue weighted by Gasteiger charge is -2.27. The molecule has 0 aromatic heterocycles. The van der Waals surface area contributed by atoms with Gasteiger partial charge in [0, 0.05) is 44.0 Å². The minimum Gasteiger partial charge on any atom is -0.383 e. The van der Waals surface area contributed by atoms with E-state index < -0.39 is 0 Å². The predicted octanol–water partition coefficient (Wildman–Crippen LogP) is 3.70. The Morgan fingerprint density at radius 2 is 2.19 bits per heavy atom. The minimum atomic E-state index is 0.740. The fraction of sp³-hybridized carbons (Fsp3) is 0.647. The molecule has 0 amide bonds. The van der Waals surface area contributed by atoms with Gasteiger partial charge < -0.3 is 15.0 Å². The van der Waals surface area contributed by atoms with Crippen molar-refractivity contribution in [2.24, 2.45) is 5.92 Å². The second kappa shape index (κ2) is 8.62. The normalized spacial score (nSPS) is 14.4. The van der Waals surface area contributed by atoms with Gasteiger partial charge in [0.2, 0.25) is 0 Å². The molecule has 0 bridgehead atoms. The fourth-order valence-corrected chi connectivity index (χ4v) is 2.74. The van der Waals surface area contributed by atoms with Crippen LogP contribution in [-0.2, 0) is 11.3 Å². The smallest absolute Gasteiger partial charge is 0.0587 e. The van der Waals surface area contributed by atoms with Gasteiger partial charge in [-0.1, -0.05) is 24.6 Å². The molecule has 0 spiro atoms. The van der Waals surface area contributed by atoms with Crippen LogP contribution in [0.5, 0.6) is 0 Å². The molecule has 1 fully saturated rings. The molecule has 1 saturated carbocycles. The Morgan fingerprint density at radius 1 is 1.38 bits per heavy atom. The molecule has 0 aliphatic heterocycles. The second-order valence-corrected chi connectivity index (χ2v) is 6.27. The Kier molecular flexibility index (Phi) is 6.81. The Labute approximate surface area is 133 Å². The summed E-state index contributed by atoms with van der Waals surface area (Å²) in [6.45, 7) is 6.97. The van der Waals surface area contributed by atoms with E-state index in [-0.39, 0.29) is 0 Å². The number of ether oxygens (including phenoxy) is 1. The molecule has 0 heterocycles. The van der Waals surface area contributed by atoms with Gasteiger partial charge in [-0.25, -0.2) is 0 Å². The minimum absolute atomic E-state index is 0.740. The Hall–Kier alpha value is -0.770. The maximum Gasteiger partial charge on any atom is 0.0587 e. The van der Waals surface area contributed by atoms with Crippen LogP contribution in [0.15, 0.2) is 18.2 Å². The van der Waals surface area contributed by atoms with Gasteiger partial charge in [0.05, 0.1) is 6.61 Å². The quantitative estimate of drug-likeness (QED) is 0.667. The highest BCUT2D eigenvalue weighted by Crippen LogP contribution is 2.33. The third-order valence-electron chi connectivity index (χ3n) is 3.86. The number of methoxy groups -OCH3 is 1. The molecule has 118 valence electrons. The van der Waals surface area contributed by atoms with E-state index in [1.54, 1.807) is 7.11 Å². The summed E-state index contributed by atoms with van der Waals surface area (Å²) < 4.78 is 5.08. The van der Waals surface area contributed by atoms with Crippen LogP contribution in [0.2, 0.25) is 5.02 Å². The zero-order valence-electron chi connectivity index (χ0n) is 13.2. The molecule has 0 unspecified atom stereocenters. The molecule has 21 heavy (non-hydrogen) atoms. The average molecular weight is 311 g/mol. The number of hydrogen-bond acceptors (Lipinski definition) is 3. The van der Waals surface area contributed by atoms with Gasteiger partial charge in [0.15, 0.2) is 0 Å². The van der Waals surface area contributed by atoms with Crippen LogP contribution in [0.3, 0.4) is 0 Å². The van der Waals surface area contributed by atoms with Crippen LogP contribution in [-0.4, -0.2) is 33.4 Å². The maximum atomic E-state index is 6.23. The number of nitrogens with one attached hydrogen (secondary N) is 1. The third kappa shape index (κ3) is 5.50. The molecular formula is C17H27ClN2O. The van der Waals surface area contributed by atoms with Crippen LogP contribution < -0.4 is 10.2 Å². The summed E-state index contributed by atoms with van der Waals surface area (Å²) in [7, 11) is 1.73. The lowest BCUT2D eigenvalue weighted by molar-refractivity contribution is 0.199. The number of nitrogens with zero attached hydrogens (tertiary/aromatic N) is 1. The molecule has 4 heteroatoms. The predicted molar refractivity (Wildman–Crippen MR) is 90.3 cm³/mol. The molecular weight excluding hydrogens is 284 g/mol. The highest BCUT2D eigenvalue weighted by Gasteiger charge is 2.25. The fourth-order valence-electron chi connectivity index (χ4n) is 2.57. The summed E-state index contributed by atoms with van der Waals surface area (Å²) >= 11 is 6.23. The lowest BCUT2D eigenvalue weighted by atomic mass is 10.1. The van der Waals surface area contributed by atoms with Crippen molar-refractivity contribution < 1.29 is 4.74 Å². The van der Waals surface area contributed by atoms with Crippen LogP contribution in [0.4, 0.5) is 5.69 Å². The standard InChI is InChI=1S/C17H27ClN2O/c1-3-9-20(13-14-4-5-14)17-11-16(18)7-6-15(17)12-19-8-10-21-2/h6-7,11,14,19H,3-5,8-10,12-13H2,1-2H3. The summed E-state index contributed by atoms with van der Waals surface area (Å²) in [5.41, 5.74) is 2.62. The molecule has 1 aromatic carbocycles. The van der Waals surface area contributed by atoms with E-state index in [2.05, 4.69) is 29.3 Å². The number of rotatable bonds is 10. The number of halogens is 1. The van der Waals surface area contributed by atoms with E-state index in [9.17, 15) is 0 Å². The molecule has 0 atom stereocenters. The van der Waals surface area contributed by atoms with Crippen molar-refractivity contribution in [3.8, 4) is 0 Å². The number of anilines is 1. The van der Waals surface area contributed by atoms with Gasteiger partial charge in [-0.3, -0.25) is 0 Å². The molecule has 0 saturated heterocycles. The molecule has 1 N–H and O–H groups in total. The Morgan fingerprint density at radius 3 is 2.86 bits per heavy atom. The van der Waals surface area contributed by atoms with Crippen molar-refractivity contribution >= 4 is 17.3 Å². The summed E-state index contributed by atoms with van der Waals surface area (Å²) in [5, 5.41) is 4.26. The first-order valence-electron chi connectivity index (χ1n) is 7.97. The highest BCUT2D eigenvalue weighted by molar-refractivity contribution is 6.30. The van der Waals surface area contributed by atoms with Gasteiger partial charge in [0.25, 0.3) is 0 Å². The molecule has 1 aromatic rings. The largest absolute Gasteiger partial charge is 0.383 e. The second-order valence-electron chi connectivity index (χ2n) is 5.83. The van der Waals surface area contributed by atoms with Crippen LogP contribution in [0, 0.1) is 5.92 Å². The van der Waals surface area contributed by atoms with E-state index >= 15 is 0 Å². The lowest BCUT2D eigenvalue weighted by Crippen LogP contribution is -2.29. The van der Waals surface area contributed by atoms with Crippen LogP contribution in [0.1, 0.15) is 31.7 Å². The van der Waals surface area contributed by atoms with E-state index in [0.29, 0.717) is 0 Å². The molecule has 3 nitrogen and oxygen atoms in total. The van der Waals surface area contributed by atoms with E-state index in [1.807, 2.05) is 6.07 Å². The van der Waals surface area contributed by atoms with Crippen molar-refractivity contribution in [2.45, 2.75) is 32.7 Å². The molecule has 1 aliphatic carbocycles. The van der Waals surface area contributed by atoms with Crippen LogP contribution in [0.25, 0.3) is 0 Å². The Balaban J connectivity index is 2.07. The van der Waals surface area contributed by atoms with Gasteiger partial charge in [-0.2, -0.15) is 0 Å². The van der Waals surface area contributed by atoms with Crippen molar-refractivity contribution in [3.63, 3.8) is 0 Å². The average Bonchev–Trinajstić information content (AvgIpc) is 3.28. The van der Waals surface area contributed by atoms with E-state index in [1.165, 1.54) is 30.6 Å². The summed E-state index contributed by atoms with van der Waals surface area (Å²) in [6, 6.07) is 6.25. The van der Waals surface area contributed by atoms with Gasteiger partial charge >= 0.3 is 0 Å². The molecule has 2 rings (SSSR count). The van der Waals surface area contributed by atoms with Crippen molar-refractivity contribution in [1.82, 2.24) is 5.32 Å². The van der Waals surface area contributed by atoms with Crippen molar-refractivity contribution in [1.29, 1.82) is 0 Å². The van der Waals surface area contributed by atoms with Crippen molar-refractivity contribution in [2.75, 3.05) is 38.3 Å². The zero-order chi connectivity index (χ0) is 15.1. The highest BCUT2D eigenvalue weighted by atomic mass is 35.5. The van der Waals surface area contributed by atoms with Crippen LogP contribution >= 0.6 is 11.6 Å². The van der Waals surface area contributed by atoms with Gasteiger partial charge in [-0.05, 0) is 42.9 Å². The van der Waals surface area contributed by atoms with Gasteiger partial charge in [0.1, 0.15) is 0 Å². The molecule has 0 radical (unpaired) electrons. The zero-order valence-corrected chi connectivity index (χ0v) is 14.0. The van der Waals surface area contributed by atoms with Gasteiger partial charge in [-0.15, -0.1) is 0 Å². The van der Waals surface area contributed by atoms with E-state index in [0.717, 1.165) is 43.6 Å². The first kappa shape index (κ1) is 16.6. The van der Waals surface area contributed by atoms with Crippen molar-refractivity contribution in [3.05, 3.63) is 28.8 Å². The molecule has 1 aliphatic rings. The Bertz CT molecular complexity index is 435. The SMILES string of the molecule is CCCN(CC1CC1)c1cc(Cl)ccc1CNCCOC. The first-order chi connectivity index (χ1) is 10.2. The summed E-state index contributed by atoms with van der Waals surface area (Å²) in [5.74, 6) is 0.879. The maximum absolute atomic E-state index is 6.23. The monoisotopic (exact) mass is 310 g/mol. The summed E-state index contributed by atoms with van der Waals surface area (Å²) in [4.78, 5) is 2.51. The number of benzene rings is 1. The third-order valence-corrected chi connectivity index (χ3v) is 4.09. The topological polar surface area (TPSA) is 24.5 Å². The first-order valence-corrected chi connectivity index (χ1v) is 8.35.